The number of hydrogen-bond donors (Lipinski definition) is 3. The molecule has 0 fully saturated rings. The van der Waals surface area contributed by atoms with Gasteiger partial charge in [-0.25, -0.2) is 0 Å². The van der Waals surface area contributed by atoms with Crippen LogP contribution in [0.15, 0.2) is 12.4 Å². The van der Waals surface area contributed by atoms with Crippen LogP contribution in [0.25, 0.3) is 0 Å². The lowest BCUT2D eigenvalue weighted by molar-refractivity contribution is -0.138. The Morgan fingerprint density at radius 2 is 1.89 bits per heavy atom. The van der Waals surface area contributed by atoms with Gasteiger partial charge in [-0.1, -0.05) is 13.3 Å². The van der Waals surface area contributed by atoms with E-state index in [1.807, 2.05) is 0 Å². The molecule has 1 aliphatic rings. The van der Waals surface area contributed by atoms with Gasteiger partial charge in [0.05, 0.1) is 6.67 Å². The second kappa shape index (κ2) is 13.2. The van der Waals surface area contributed by atoms with Crippen molar-refractivity contribution < 1.29 is 15.0 Å². The summed E-state index contributed by atoms with van der Waals surface area (Å²) in [6.07, 6.45) is 6.87. The topological polar surface area (TPSA) is 90.0 Å². The lowest BCUT2D eigenvalue weighted by atomic mass is 10.3. The average Bonchev–Trinajstić information content (AvgIpc) is 2.74. The van der Waals surface area contributed by atoms with Crippen LogP contribution in [0.4, 0.5) is 0 Å². The molecule has 6 nitrogen and oxygen atoms in total. The van der Waals surface area contributed by atoms with Gasteiger partial charge in [-0.2, -0.15) is 0 Å². The molecule has 0 radical (unpaired) electrons. The number of carbonyl (C=O) groups is 1. The summed E-state index contributed by atoms with van der Waals surface area (Å²) in [6, 6.07) is -0.731. The van der Waals surface area contributed by atoms with Gasteiger partial charge in [0, 0.05) is 32.6 Å². The summed E-state index contributed by atoms with van der Waals surface area (Å²) in [6.45, 7) is 7.85. The molecule has 0 aromatic rings. The Morgan fingerprint density at radius 3 is 2.16 bits per heavy atom. The van der Waals surface area contributed by atoms with Crippen molar-refractivity contribution in [3.63, 3.8) is 0 Å². The van der Waals surface area contributed by atoms with E-state index in [0.29, 0.717) is 0 Å². The molecule has 6 heteroatoms. The van der Waals surface area contributed by atoms with Crippen LogP contribution in [0.5, 0.6) is 0 Å². The average molecular weight is 275 g/mol. The molecule has 1 rings (SSSR count). The molecule has 0 bridgehead atoms. The highest BCUT2D eigenvalue weighted by molar-refractivity contribution is 5.72. The van der Waals surface area contributed by atoms with Crippen molar-refractivity contribution >= 4 is 5.97 Å². The maximum atomic E-state index is 9.57. The third-order valence-corrected chi connectivity index (χ3v) is 2.13. The van der Waals surface area contributed by atoms with Crippen LogP contribution in [0.1, 0.15) is 33.6 Å². The van der Waals surface area contributed by atoms with Gasteiger partial charge in [-0.3, -0.25) is 4.79 Å². The van der Waals surface area contributed by atoms with Crippen molar-refractivity contribution in [3.05, 3.63) is 12.4 Å². The van der Waals surface area contributed by atoms with Gasteiger partial charge >= 0.3 is 5.97 Å². The Kier molecular flexibility index (Phi) is 13.9. The summed E-state index contributed by atoms with van der Waals surface area (Å²) >= 11 is 0. The Labute approximate surface area is 116 Å². The van der Waals surface area contributed by atoms with Crippen molar-refractivity contribution in [1.82, 2.24) is 9.80 Å². The molecule has 1 aliphatic heterocycles. The van der Waals surface area contributed by atoms with E-state index in [-0.39, 0.29) is 6.61 Å². The molecule has 1 heterocycles. The molecular formula is C13H29N3O3. The minimum atomic E-state index is -0.963. The summed E-state index contributed by atoms with van der Waals surface area (Å²) in [5.41, 5.74) is 4.84. The van der Waals surface area contributed by atoms with Crippen molar-refractivity contribution in [2.24, 2.45) is 5.73 Å². The number of nitrogens with zero attached hydrogens (tertiary/aromatic N) is 2. The summed E-state index contributed by atoms with van der Waals surface area (Å²) in [5.74, 6) is -0.963. The Morgan fingerprint density at radius 1 is 1.42 bits per heavy atom. The van der Waals surface area contributed by atoms with Gasteiger partial charge in [0.1, 0.15) is 6.04 Å². The van der Waals surface area contributed by atoms with Gasteiger partial charge < -0.3 is 25.7 Å². The maximum Gasteiger partial charge on any atom is 0.320 e. The van der Waals surface area contributed by atoms with Crippen LogP contribution in [-0.4, -0.2) is 58.9 Å². The fraction of sp³-hybridized carbons (Fsp3) is 0.769. The van der Waals surface area contributed by atoms with Gasteiger partial charge in [0.25, 0.3) is 0 Å². The Balaban J connectivity index is 0. The van der Waals surface area contributed by atoms with E-state index in [9.17, 15) is 4.79 Å². The fourth-order valence-corrected chi connectivity index (χ4v) is 1.10. The van der Waals surface area contributed by atoms with Crippen LogP contribution in [0.2, 0.25) is 0 Å². The largest absolute Gasteiger partial charge is 0.480 e. The first-order valence-electron chi connectivity index (χ1n) is 6.60. The predicted octanol–water partition coefficient (Wildman–Crippen LogP) is 0.879. The number of aliphatic hydroxyl groups is 1. The Hall–Kier alpha value is -1.27. The van der Waals surface area contributed by atoms with Crippen molar-refractivity contribution in [2.75, 3.05) is 26.9 Å². The second-order valence-corrected chi connectivity index (χ2v) is 4.31. The molecule has 4 N–H and O–H groups in total. The summed E-state index contributed by atoms with van der Waals surface area (Å²) in [7, 11) is 2.10. The standard InChI is InChI=1S/C8H16N2.C3H7NO2.C2H6O/c1-3-4-5-10-7-6-9(2)8-10;1-2(4)3(5)6;1-2-3/h6-7H,3-5,8H2,1-2H3;2H,4H2,1H3,(H,5,6);3H,2H2,1H3. The van der Waals surface area contributed by atoms with E-state index in [0.717, 1.165) is 6.67 Å². The summed E-state index contributed by atoms with van der Waals surface area (Å²) in [5, 5.41) is 15.4. The monoisotopic (exact) mass is 275 g/mol. The number of rotatable bonds is 4. The molecule has 1 unspecified atom stereocenters. The molecule has 0 saturated heterocycles. The number of hydrogen-bond acceptors (Lipinski definition) is 5. The van der Waals surface area contributed by atoms with E-state index in [1.54, 1.807) is 6.92 Å². The van der Waals surface area contributed by atoms with E-state index >= 15 is 0 Å². The number of unbranched alkanes of at least 4 members (excludes halogenated alkanes) is 1. The van der Waals surface area contributed by atoms with Crippen LogP contribution < -0.4 is 5.73 Å². The molecule has 0 amide bonds. The zero-order valence-corrected chi connectivity index (χ0v) is 12.5. The molecule has 1 atom stereocenters. The van der Waals surface area contributed by atoms with Gasteiger partial charge in [0.2, 0.25) is 0 Å². The van der Waals surface area contributed by atoms with E-state index in [1.165, 1.54) is 26.3 Å². The second-order valence-electron chi connectivity index (χ2n) is 4.31. The highest BCUT2D eigenvalue weighted by Crippen LogP contribution is 2.04. The molecule has 0 aromatic heterocycles. The van der Waals surface area contributed by atoms with E-state index in [2.05, 4.69) is 36.2 Å². The maximum absolute atomic E-state index is 9.57. The number of carboxylic acid groups (broad SMARTS) is 1. The number of carboxylic acids is 1. The lowest BCUT2D eigenvalue weighted by Gasteiger charge is -2.17. The van der Waals surface area contributed by atoms with Crippen molar-refractivity contribution in [1.29, 1.82) is 0 Å². The number of nitrogens with two attached hydrogens (primary N) is 1. The van der Waals surface area contributed by atoms with Crippen molar-refractivity contribution in [2.45, 2.75) is 39.7 Å². The van der Waals surface area contributed by atoms with Crippen LogP contribution in [0, 0.1) is 0 Å². The van der Waals surface area contributed by atoms with E-state index in [4.69, 9.17) is 15.9 Å². The molecule has 0 aromatic carbocycles. The molecule has 114 valence electrons. The Bertz CT molecular complexity index is 245. The van der Waals surface area contributed by atoms with Crippen LogP contribution >= 0.6 is 0 Å². The van der Waals surface area contributed by atoms with E-state index < -0.39 is 12.0 Å². The van der Waals surface area contributed by atoms with Crippen LogP contribution in [0.3, 0.4) is 0 Å². The lowest BCUT2D eigenvalue weighted by Crippen LogP contribution is -2.25. The minimum Gasteiger partial charge on any atom is -0.480 e. The highest BCUT2D eigenvalue weighted by atomic mass is 16.4. The zero-order valence-electron chi connectivity index (χ0n) is 12.5. The molecular weight excluding hydrogens is 246 g/mol. The quantitative estimate of drug-likeness (QED) is 0.705. The minimum absolute atomic E-state index is 0.250. The molecule has 0 aliphatic carbocycles. The van der Waals surface area contributed by atoms with Gasteiger partial charge in [0.15, 0.2) is 0 Å². The third-order valence-electron chi connectivity index (χ3n) is 2.13. The highest BCUT2D eigenvalue weighted by Gasteiger charge is 2.05. The first-order valence-corrected chi connectivity index (χ1v) is 6.60. The third kappa shape index (κ3) is 14.7. The fourth-order valence-electron chi connectivity index (χ4n) is 1.10. The normalized spacial score (nSPS) is 14.2. The predicted molar refractivity (Wildman–Crippen MR) is 77.4 cm³/mol. The first kappa shape index (κ1) is 20.1. The number of aliphatic carboxylic acids is 1. The summed E-state index contributed by atoms with van der Waals surface area (Å²) < 4.78 is 0. The molecule has 0 spiro atoms. The summed E-state index contributed by atoms with van der Waals surface area (Å²) in [4.78, 5) is 14.1. The van der Waals surface area contributed by atoms with Gasteiger partial charge in [-0.05, 0) is 20.3 Å². The van der Waals surface area contributed by atoms with Gasteiger partial charge in [-0.15, -0.1) is 0 Å². The SMILES string of the molecule is CC(N)C(=O)O.CCCCN1C=CN(C)C1.CCO. The molecule has 19 heavy (non-hydrogen) atoms. The van der Waals surface area contributed by atoms with Crippen LogP contribution in [-0.2, 0) is 4.79 Å². The zero-order chi connectivity index (χ0) is 15.3. The smallest absolute Gasteiger partial charge is 0.320 e. The first-order chi connectivity index (χ1) is 8.88. The van der Waals surface area contributed by atoms with Crippen molar-refractivity contribution in [3.8, 4) is 0 Å². The number of aliphatic hydroxyl groups excluding tert-OH is 1. The molecule has 0 saturated carbocycles.